The second-order valence-electron chi connectivity index (χ2n) is 4.05. The van der Waals surface area contributed by atoms with Crippen LogP contribution in [0.15, 0.2) is 45.5 Å². The van der Waals surface area contributed by atoms with Crippen LogP contribution in [-0.2, 0) is 0 Å². The standard InChI is InChI=1S/C13H8Br2ClN3/c14-9-3-1-7(5-10(9)15)12-13(17)19-6-8(16)2-4-11(19)18-12/h1-6H,17H2. The SMILES string of the molecule is Nc1c(-c2ccc(Br)c(Br)c2)nc2ccc(Cl)cn12. The van der Waals surface area contributed by atoms with Gasteiger partial charge >= 0.3 is 0 Å². The molecule has 0 saturated heterocycles. The summed E-state index contributed by atoms with van der Waals surface area (Å²) in [5, 5.41) is 0.625. The van der Waals surface area contributed by atoms with Gasteiger partial charge in [0, 0.05) is 20.7 Å². The Hall–Kier alpha value is -1.04. The van der Waals surface area contributed by atoms with Crippen LogP contribution in [0.25, 0.3) is 16.9 Å². The molecule has 3 aromatic rings. The summed E-state index contributed by atoms with van der Waals surface area (Å²) in [5.41, 5.74) is 8.61. The Morgan fingerprint density at radius 3 is 2.63 bits per heavy atom. The molecule has 2 N–H and O–H groups in total. The molecule has 19 heavy (non-hydrogen) atoms. The average molecular weight is 401 g/mol. The molecular weight excluding hydrogens is 393 g/mol. The Balaban J connectivity index is 2.24. The van der Waals surface area contributed by atoms with E-state index in [0.717, 1.165) is 25.8 Å². The minimum Gasteiger partial charge on any atom is -0.383 e. The van der Waals surface area contributed by atoms with E-state index in [1.807, 2.05) is 24.3 Å². The molecule has 2 heterocycles. The Bertz CT molecular complexity index is 783. The maximum atomic E-state index is 6.14. The molecule has 0 bridgehead atoms. The van der Waals surface area contributed by atoms with Crippen molar-refractivity contribution in [2.45, 2.75) is 0 Å². The molecule has 0 atom stereocenters. The van der Waals surface area contributed by atoms with Crippen LogP contribution in [0.5, 0.6) is 0 Å². The van der Waals surface area contributed by atoms with Gasteiger partial charge in [0.05, 0.1) is 5.02 Å². The van der Waals surface area contributed by atoms with E-state index in [-0.39, 0.29) is 0 Å². The van der Waals surface area contributed by atoms with Crippen LogP contribution in [0.2, 0.25) is 5.02 Å². The monoisotopic (exact) mass is 399 g/mol. The highest BCUT2D eigenvalue weighted by molar-refractivity contribution is 9.13. The van der Waals surface area contributed by atoms with Gasteiger partial charge in [0.1, 0.15) is 17.2 Å². The maximum Gasteiger partial charge on any atom is 0.139 e. The third-order valence-electron chi connectivity index (χ3n) is 2.81. The van der Waals surface area contributed by atoms with E-state index in [0.29, 0.717) is 10.8 Å². The van der Waals surface area contributed by atoms with Crippen molar-refractivity contribution >= 4 is 54.9 Å². The summed E-state index contributed by atoms with van der Waals surface area (Å²) in [5.74, 6) is 0.576. The van der Waals surface area contributed by atoms with Crippen molar-refractivity contribution in [1.82, 2.24) is 9.38 Å². The minimum absolute atomic E-state index is 0.576. The van der Waals surface area contributed by atoms with Gasteiger partial charge in [0.2, 0.25) is 0 Å². The Morgan fingerprint density at radius 2 is 1.89 bits per heavy atom. The second kappa shape index (κ2) is 4.81. The number of fused-ring (bicyclic) bond motifs is 1. The predicted octanol–water partition coefficient (Wildman–Crippen LogP) is 4.76. The molecule has 0 aliphatic carbocycles. The molecule has 1 aromatic carbocycles. The van der Waals surface area contributed by atoms with Gasteiger partial charge < -0.3 is 5.73 Å². The van der Waals surface area contributed by atoms with Crippen LogP contribution >= 0.6 is 43.5 Å². The number of aromatic nitrogens is 2. The summed E-state index contributed by atoms with van der Waals surface area (Å²) in [7, 11) is 0. The summed E-state index contributed by atoms with van der Waals surface area (Å²) in [4.78, 5) is 4.54. The first-order valence-corrected chi connectivity index (χ1v) is 7.41. The molecule has 0 aliphatic heterocycles. The average Bonchev–Trinajstić information content (AvgIpc) is 2.70. The Kier molecular flexibility index (Phi) is 3.28. The topological polar surface area (TPSA) is 43.3 Å². The third kappa shape index (κ3) is 2.26. The zero-order valence-electron chi connectivity index (χ0n) is 9.57. The normalized spacial score (nSPS) is 11.1. The smallest absolute Gasteiger partial charge is 0.139 e. The van der Waals surface area contributed by atoms with Crippen molar-refractivity contribution in [2.24, 2.45) is 0 Å². The van der Waals surface area contributed by atoms with Crippen LogP contribution in [0, 0.1) is 0 Å². The molecule has 0 unspecified atom stereocenters. The highest BCUT2D eigenvalue weighted by atomic mass is 79.9. The quantitative estimate of drug-likeness (QED) is 0.639. The van der Waals surface area contributed by atoms with Crippen molar-refractivity contribution in [3.63, 3.8) is 0 Å². The first kappa shape index (κ1) is 13.0. The zero-order valence-corrected chi connectivity index (χ0v) is 13.5. The Morgan fingerprint density at radius 1 is 1.11 bits per heavy atom. The number of nitrogen functional groups attached to an aromatic ring is 1. The summed E-state index contributed by atoms with van der Waals surface area (Å²) in [6, 6.07) is 9.54. The fraction of sp³-hybridized carbons (Fsp3) is 0. The van der Waals surface area contributed by atoms with Crippen LogP contribution in [0.3, 0.4) is 0 Å². The number of hydrogen-bond donors (Lipinski definition) is 1. The Labute approximate surface area is 131 Å². The van der Waals surface area contributed by atoms with E-state index in [1.165, 1.54) is 0 Å². The second-order valence-corrected chi connectivity index (χ2v) is 6.20. The predicted molar refractivity (Wildman–Crippen MR) is 85.5 cm³/mol. The minimum atomic E-state index is 0.576. The summed E-state index contributed by atoms with van der Waals surface area (Å²) in [6.07, 6.45) is 1.76. The first-order chi connectivity index (χ1) is 9.06. The number of imidazole rings is 1. The van der Waals surface area contributed by atoms with Gasteiger partial charge in [-0.2, -0.15) is 0 Å². The van der Waals surface area contributed by atoms with E-state index in [2.05, 4.69) is 36.8 Å². The summed E-state index contributed by atoms with van der Waals surface area (Å²) < 4.78 is 3.73. The molecule has 2 aromatic heterocycles. The molecule has 0 saturated carbocycles. The number of nitrogens with two attached hydrogens (primary N) is 1. The van der Waals surface area contributed by atoms with E-state index in [1.54, 1.807) is 16.7 Å². The fourth-order valence-corrected chi connectivity index (χ4v) is 2.68. The van der Waals surface area contributed by atoms with Crippen molar-refractivity contribution in [2.75, 3.05) is 5.73 Å². The van der Waals surface area contributed by atoms with Gasteiger partial charge in [0.15, 0.2) is 0 Å². The molecule has 3 rings (SSSR count). The molecule has 96 valence electrons. The number of pyridine rings is 1. The molecule has 0 aliphatic rings. The zero-order chi connectivity index (χ0) is 13.6. The lowest BCUT2D eigenvalue weighted by Gasteiger charge is -2.02. The van der Waals surface area contributed by atoms with Crippen molar-refractivity contribution < 1.29 is 0 Å². The van der Waals surface area contributed by atoms with E-state index >= 15 is 0 Å². The first-order valence-electron chi connectivity index (χ1n) is 5.45. The van der Waals surface area contributed by atoms with Crippen LogP contribution in [-0.4, -0.2) is 9.38 Å². The van der Waals surface area contributed by atoms with Crippen LogP contribution in [0.4, 0.5) is 5.82 Å². The third-order valence-corrected chi connectivity index (χ3v) is 4.92. The number of rotatable bonds is 1. The fourth-order valence-electron chi connectivity index (χ4n) is 1.89. The van der Waals surface area contributed by atoms with Gasteiger partial charge in [-0.05, 0) is 56.1 Å². The van der Waals surface area contributed by atoms with Gasteiger partial charge in [-0.15, -0.1) is 0 Å². The van der Waals surface area contributed by atoms with Crippen LogP contribution < -0.4 is 5.73 Å². The number of halogens is 3. The number of hydrogen-bond acceptors (Lipinski definition) is 2. The summed E-state index contributed by atoms with van der Waals surface area (Å²) in [6.45, 7) is 0. The number of nitrogens with zero attached hydrogens (tertiary/aromatic N) is 2. The lowest BCUT2D eigenvalue weighted by Crippen LogP contribution is -1.93. The van der Waals surface area contributed by atoms with Gasteiger partial charge in [-0.1, -0.05) is 17.7 Å². The van der Waals surface area contributed by atoms with Crippen molar-refractivity contribution in [3.8, 4) is 11.3 Å². The maximum absolute atomic E-state index is 6.14. The molecule has 6 heteroatoms. The highest BCUT2D eigenvalue weighted by Crippen LogP contribution is 2.32. The van der Waals surface area contributed by atoms with Crippen molar-refractivity contribution in [1.29, 1.82) is 0 Å². The number of anilines is 1. The largest absolute Gasteiger partial charge is 0.383 e. The van der Waals surface area contributed by atoms with Crippen LogP contribution in [0.1, 0.15) is 0 Å². The molecular formula is C13H8Br2ClN3. The summed E-state index contributed by atoms with van der Waals surface area (Å²) >= 11 is 12.9. The molecule has 3 nitrogen and oxygen atoms in total. The molecule has 0 fully saturated rings. The van der Waals surface area contributed by atoms with Crippen molar-refractivity contribution in [3.05, 3.63) is 50.5 Å². The molecule has 0 spiro atoms. The highest BCUT2D eigenvalue weighted by Gasteiger charge is 2.12. The van der Waals surface area contributed by atoms with E-state index in [9.17, 15) is 0 Å². The van der Waals surface area contributed by atoms with Gasteiger partial charge in [-0.25, -0.2) is 4.98 Å². The molecule has 0 amide bonds. The number of benzene rings is 1. The van der Waals surface area contributed by atoms with E-state index < -0.39 is 0 Å². The lowest BCUT2D eigenvalue weighted by molar-refractivity contribution is 1.20. The van der Waals surface area contributed by atoms with E-state index in [4.69, 9.17) is 17.3 Å². The molecule has 0 radical (unpaired) electrons. The van der Waals surface area contributed by atoms with Gasteiger partial charge in [0.25, 0.3) is 0 Å². The lowest BCUT2D eigenvalue weighted by atomic mass is 10.1. The van der Waals surface area contributed by atoms with Gasteiger partial charge in [-0.3, -0.25) is 4.40 Å².